The molecule has 138 valence electrons. The molecule has 0 bridgehead atoms. The highest BCUT2D eigenvalue weighted by Crippen LogP contribution is 2.18. The summed E-state index contributed by atoms with van der Waals surface area (Å²) >= 11 is 6.00. The fourth-order valence-electron chi connectivity index (χ4n) is 3.13. The van der Waals surface area contributed by atoms with E-state index in [2.05, 4.69) is 20.3 Å². The summed E-state index contributed by atoms with van der Waals surface area (Å²) < 4.78 is 1.63. The fraction of sp³-hybridized carbons (Fsp3) is 0.250. The average Bonchev–Trinajstić information content (AvgIpc) is 3.38. The number of anilines is 1. The summed E-state index contributed by atoms with van der Waals surface area (Å²) in [6.07, 6.45) is 6.01. The van der Waals surface area contributed by atoms with Gasteiger partial charge in [-0.3, -0.25) is 4.79 Å². The predicted octanol–water partition coefficient (Wildman–Crippen LogP) is 3.45. The fourth-order valence-corrected chi connectivity index (χ4v) is 3.32. The number of hydrogen-bond acceptors (Lipinski definition) is 4. The number of nitrogens with zero attached hydrogens (tertiary/aromatic N) is 4. The largest absolute Gasteiger partial charge is 0.357 e. The molecule has 1 N–H and O–H groups in total. The Morgan fingerprint density at radius 2 is 2.00 bits per heavy atom. The molecule has 1 aliphatic heterocycles. The SMILES string of the molecule is O=C(NCc1ccc(N2CCCC2)nc1)c1ccn(-c2cccc(Cl)c2)n1. The van der Waals surface area contributed by atoms with Crippen LogP contribution in [-0.4, -0.2) is 33.8 Å². The van der Waals surface area contributed by atoms with E-state index in [1.165, 1.54) is 12.8 Å². The summed E-state index contributed by atoms with van der Waals surface area (Å²) in [6.45, 7) is 2.55. The van der Waals surface area contributed by atoms with Gasteiger partial charge >= 0.3 is 0 Å². The summed E-state index contributed by atoms with van der Waals surface area (Å²) in [5, 5.41) is 7.83. The van der Waals surface area contributed by atoms with Crippen molar-refractivity contribution in [3.05, 3.63) is 71.1 Å². The summed E-state index contributed by atoms with van der Waals surface area (Å²) in [5.74, 6) is 0.780. The number of aromatic nitrogens is 3. The molecule has 0 saturated carbocycles. The lowest BCUT2D eigenvalue weighted by Crippen LogP contribution is -2.24. The summed E-state index contributed by atoms with van der Waals surface area (Å²) in [4.78, 5) is 19.2. The van der Waals surface area contributed by atoms with E-state index in [0.717, 1.165) is 30.2 Å². The molecule has 1 aliphatic rings. The second kappa shape index (κ2) is 7.80. The number of carbonyl (C=O) groups excluding carboxylic acids is 1. The Bertz CT molecular complexity index is 932. The van der Waals surface area contributed by atoms with E-state index < -0.39 is 0 Å². The topological polar surface area (TPSA) is 63.1 Å². The molecule has 1 amide bonds. The van der Waals surface area contributed by atoms with Gasteiger partial charge in [-0.15, -0.1) is 0 Å². The zero-order chi connectivity index (χ0) is 18.6. The van der Waals surface area contributed by atoms with Gasteiger partial charge in [-0.2, -0.15) is 5.10 Å². The van der Waals surface area contributed by atoms with Crippen molar-refractivity contribution in [1.29, 1.82) is 0 Å². The van der Waals surface area contributed by atoms with Crippen LogP contribution in [0.2, 0.25) is 5.02 Å². The van der Waals surface area contributed by atoms with Gasteiger partial charge in [0.25, 0.3) is 5.91 Å². The number of halogens is 1. The number of pyridine rings is 1. The van der Waals surface area contributed by atoms with Crippen molar-refractivity contribution in [2.45, 2.75) is 19.4 Å². The molecule has 0 atom stereocenters. The van der Waals surface area contributed by atoms with Gasteiger partial charge in [0.15, 0.2) is 5.69 Å². The van der Waals surface area contributed by atoms with E-state index >= 15 is 0 Å². The smallest absolute Gasteiger partial charge is 0.272 e. The van der Waals surface area contributed by atoms with Gasteiger partial charge in [0.1, 0.15) is 5.82 Å². The first kappa shape index (κ1) is 17.5. The summed E-state index contributed by atoms with van der Waals surface area (Å²) in [5.41, 5.74) is 2.13. The maximum Gasteiger partial charge on any atom is 0.272 e. The molecule has 3 aromatic rings. The van der Waals surface area contributed by atoms with Crippen LogP contribution in [0.15, 0.2) is 54.9 Å². The van der Waals surface area contributed by atoms with Crippen molar-refractivity contribution in [2.75, 3.05) is 18.0 Å². The Hall–Kier alpha value is -2.86. The Morgan fingerprint density at radius 3 is 2.74 bits per heavy atom. The lowest BCUT2D eigenvalue weighted by Gasteiger charge is -2.16. The van der Waals surface area contributed by atoms with Gasteiger partial charge in [0.05, 0.1) is 5.69 Å². The minimum Gasteiger partial charge on any atom is -0.357 e. The van der Waals surface area contributed by atoms with Crippen molar-refractivity contribution in [3.63, 3.8) is 0 Å². The van der Waals surface area contributed by atoms with E-state index in [0.29, 0.717) is 17.3 Å². The zero-order valence-electron chi connectivity index (χ0n) is 14.8. The second-order valence-electron chi connectivity index (χ2n) is 6.53. The lowest BCUT2D eigenvalue weighted by molar-refractivity contribution is 0.0945. The van der Waals surface area contributed by atoms with Crippen molar-refractivity contribution in [3.8, 4) is 5.69 Å². The van der Waals surface area contributed by atoms with Gasteiger partial charge in [-0.1, -0.05) is 23.7 Å². The highest BCUT2D eigenvalue weighted by Gasteiger charge is 2.14. The van der Waals surface area contributed by atoms with Gasteiger partial charge in [0.2, 0.25) is 0 Å². The molecule has 0 aliphatic carbocycles. The predicted molar refractivity (Wildman–Crippen MR) is 105 cm³/mol. The number of nitrogens with one attached hydrogen (secondary N) is 1. The van der Waals surface area contributed by atoms with Gasteiger partial charge in [-0.05, 0) is 48.7 Å². The maximum atomic E-state index is 12.4. The quantitative estimate of drug-likeness (QED) is 0.735. The monoisotopic (exact) mass is 381 g/mol. The molecule has 7 heteroatoms. The van der Waals surface area contributed by atoms with E-state index in [-0.39, 0.29) is 5.91 Å². The van der Waals surface area contributed by atoms with E-state index in [4.69, 9.17) is 11.6 Å². The minimum atomic E-state index is -0.223. The average molecular weight is 382 g/mol. The van der Waals surface area contributed by atoms with Crippen LogP contribution in [-0.2, 0) is 6.54 Å². The lowest BCUT2D eigenvalue weighted by atomic mass is 10.2. The molecule has 27 heavy (non-hydrogen) atoms. The second-order valence-corrected chi connectivity index (χ2v) is 6.96. The Labute approximate surface area is 162 Å². The van der Waals surface area contributed by atoms with Crippen LogP contribution in [0.1, 0.15) is 28.9 Å². The molecule has 6 nitrogen and oxygen atoms in total. The van der Waals surface area contributed by atoms with Crippen molar-refractivity contribution < 1.29 is 4.79 Å². The van der Waals surface area contributed by atoms with Gasteiger partial charge < -0.3 is 10.2 Å². The molecule has 1 aromatic carbocycles. The van der Waals surface area contributed by atoms with Crippen molar-refractivity contribution >= 4 is 23.3 Å². The Balaban J connectivity index is 1.37. The van der Waals surface area contributed by atoms with E-state index in [9.17, 15) is 4.79 Å². The van der Waals surface area contributed by atoms with Crippen LogP contribution >= 0.6 is 11.6 Å². The molecule has 0 radical (unpaired) electrons. The highest BCUT2D eigenvalue weighted by atomic mass is 35.5. The first-order chi connectivity index (χ1) is 13.2. The molecule has 0 spiro atoms. The molecule has 2 aromatic heterocycles. The minimum absolute atomic E-state index is 0.223. The maximum absolute atomic E-state index is 12.4. The number of rotatable bonds is 5. The third kappa shape index (κ3) is 4.11. The van der Waals surface area contributed by atoms with Crippen LogP contribution < -0.4 is 10.2 Å². The van der Waals surface area contributed by atoms with Crippen LogP contribution in [0.25, 0.3) is 5.69 Å². The summed E-state index contributed by atoms with van der Waals surface area (Å²) in [6, 6.07) is 13.0. The van der Waals surface area contributed by atoms with E-state index in [1.54, 1.807) is 29.1 Å². The van der Waals surface area contributed by atoms with Gasteiger partial charge in [-0.25, -0.2) is 9.67 Å². The van der Waals surface area contributed by atoms with Crippen LogP contribution in [0, 0.1) is 0 Å². The Morgan fingerprint density at radius 1 is 1.15 bits per heavy atom. The zero-order valence-corrected chi connectivity index (χ0v) is 15.6. The summed E-state index contributed by atoms with van der Waals surface area (Å²) in [7, 11) is 0. The normalized spacial score (nSPS) is 13.7. The number of hydrogen-bond donors (Lipinski definition) is 1. The number of benzene rings is 1. The van der Waals surface area contributed by atoms with Gasteiger partial charge in [0, 0.05) is 37.1 Å². The molecular weight excluding hydrogens is 362 g/mol. The van der Waals surface area contributed by atoms with Crippen LogP contribution in [0.4, 0.5) is 5.82 Å². The molecule has 4 rings (SSSR count). The number of amides is 1. The van der Waals surface area contributed by atoms with Crippen LogP contribution in [0.5, 0.6) is 0 Å². The molecule has 3 heterocycles. The Kier molecular flexibility index (Phi) is 5.07. The van der Waals surface area contributed by atoms with E-state index in [1.807, 2.05) is 30.5 Å². The van der Waals surface area contributed by atoms with Crippen molar-refractivity contribution in [2.24, 2.45) is 0 Å². The standard InChI is InChI=1S/C20H20ClN5O/c21-16-4-3-5-17(12-16)26-11-8-18(24-26)20(27)23-14-15-6-7-19(22-13-15)25-9-1-2-10-25/h3-8,11-13H,1-2,9-10,14H2,(H,23,27). The number of carbonyl (C=O) groups is 1. The molecule has 1 saturated heterocycles. The molecule has 1 fully saturated rings. The first-order valence-electron chi connectivity index (χ1n) is 8.99. The third-order valence-electron chi connectivity index (χ3n) is 4.59. The van der Waals surface area contributed by atoms with Crippen LogP contribution in [0.3, 0.4) is 0 Å². The molecular formula is C20H20ClN5O. The third-order valence-corrected chi connectivity index (χ3v) is 4.82. The molecule has 0 unspecified atom stereocenters. The van der Waals surface area contributed by atoms with Crippen molar-refractivity contribution in [1.82, 2.24) is 20.1 Å². The highest BCUT2D eigenvalue weighted by molar-refractivity contribution is 6.30. The first-order valence-corrected chi connectivity index (χ1v) is 9.36.